The zero-order valence-corrected chi connectivity index (χ0v) is 9.93. The molecule has 0 bridgehead atoms. The van der Waals surface area contributed by atoms with Crippen molar-refractivity contribution in [1.82, 2.24) is 0 Å². The summed E-state index contributed by atoms with van der Waals surface area (Å²) in [5, 5.41) is 4.97. The summed E-state index contributed by atoms with van der Waals surface area (Å²) in [6, 6.07) is 4.57. The Balaban J connectivity index is 3.13. The first kappa shape index (κ1) is 11.6. The van der Waals surface area contributed by atoms with Crippen molar-refractivity contribution < 1.29 is 13.2 Å². The summed E-state index contributed by atoms with van der Waals surface area (Å²) in [7, 11) is -2.06. The normalized spacial score (nSPS) is 11.6. The van der Waals surface area contributed by atoms with Crippen LogP contribution in [0.15, 0.2) is 27.6 Å². The van der Waals surface area contributed by atoms with Crippen LogP contribution in [0.5, 0.6) is 0 Å². The standard InChI is InChI=1S/C8H10BrNO3S/c1-13-5-6-2-3-7(4-8(6)9)14(10,11)12/h2-4H,5H2,1H3,(H2,10,11,12). The molecular weight excluding hydrogens is 270 g/mol. The van der Waals surface area contributed by atoms with Crippen molar-refractivity contribution in [3.63, 3.8) is 0 Å². The molecule has 0 atom stereocenters. The molecule has 0 saturated heterocycles. The van der Waals surface area contributed by atoms with Crippen LogP contribution in [-0.4, -0.2) is 15.5 Å². The molecule has 6 heteroatoms. The number of benzene rings is 1. The van der Waals surface area contributed by atoms with E-state index in [1.807, 2.05) is 0 Å². The highest BCUT2D eigenvalue weighted by Gasteiger charge is 2.09. The fourth-order valence-electron chi connectivity index (χ4n) is 0.978. The Labute approximate surface area is 91.2 Å². The number of halogens is 1. The van der Waals surface area contributed by atoms with Gasteiger partial charge in [-0.15, -0.1) is 0 Å². The van der Waals surface area contributed by atoms with E-state index >= 15 is 0 Å². The predicted molar refractivity (Wildman–Crippen MR) is 56.2 cm³/mol. The van der Waals surface area contributed by atoms with Crippen molar-refractivity contribution in [3.05, 3.63) is 28.2 Å². The van der Waals surface area contributed by atoms with Gasteiger partial charge in [0.15, 0.2) is 0 Å². The van der Waals surface area contributed by atoms with Crippen LogP contribution in [0.3, 0.4) is 0 Å². The average molecular weight is 280 g/mol. The zero-order chi connectivity index (χ0) is 10.8. The van der Waals surface area contributed by atoms with E-state index in [9.17, 15) is 8.42 Å². The van der Waals surface area contributed by atoms with Crippen molar-refractivity contribution in [2.45, 2.75) is 11.5 Å². The third-order valence-electron chi connectivity index (χ3n) is 1.65. The largest absolute Gasteiger partial charge is 0.380 e. The highest BCUT2D eigenvalue weighted by molar-refractivity contribution is 9.10. The molecule has 0 aliphatic carbocycles. The first-order valence-corrected chi connectivity index (χ1v) is 6.09. The second kappa shape index (κ2) is 4.39. The van der Waals surface area contributed by atoms with Gasteiger partial charge in [-0.1, -0.05) is 22.0 Å². The van der Waals surface area contributed by atoms with Gasteiger partial charge in [0, 0.05) is 11.6 Å². The Hall–Kier alpha value is -0.430. The minimum Gasteiger partial charge on any atom is -0.380 e. The van der Waals surface area contributed by atoms with Crippen LogP contribution in [0.25, 0.3) is 0 Å². The van der Waals surface area contributed by atoms with Crippen molar-refractivity contribution in [3.8, 4) is 0 Å². The van der Waals surface area contributed by atoms with Crippen LogP contribution in [0.4, 0.5) is 0 Å². The third-order valence-corrected chi connectivity index (χ3v) is 3.30. The fraction of sp³-hybridized carbons (Fsp3) is 0.250. The van der Waals surface area contributed by atoms with E-state index in [-0.39, 0.29) is 4.90 Å². The van der Waals surface area contributed by atoms with Crippen LogP contribution in [0, 0.1) is 0 Å². The molecule has 0 unspecified atom stereocenters. The van der Waals surface area contributed by atoms with E-state index in [1.165, 1.54) is 12.1 Å². The van der Waals surface area contributed by atoms with Crippen LogP contribution in [-0.2, 0) is 21.4 Å². The molecule has 0 aromatic heterocycles. The maximum absolute atomic E-state index is 11.0. The lowest BCUT2D eigenvalue weighted by molar-refractivity contribution is 0.184. The molecule has 0 amide bonds. The number of nitrogens with two attached hydrogens (primary N) is 1. The first-order chi connectivity index (χ1) is 6.45. The molecule has 1 aromatic carbocycles. The van der Waals surface area contributed by atoms with E-state index in [0.29, 0.717) is 11.1 Å². The van der Waals surface area contributed by atoms with Gasteiger partial charge in [0.1, 0.15) is 0 Å². The zero-order valence-electron chi connectivity index (χ0n) is 7.53. The first-order valence-electron chi connectivity index (χ1n) is 3.75. The SMILES string of the molecule is COCc1ccc(S(N)(=O)=O)cc1Br. The van der Waals surface area contributed by atoms with Crippen LogP contribution >= 0.6 is 15.9 Å². The molecule has 0 fully saturated rings. The molecule has 14 heavy (non-hydrogen) atoms. The van der Waals surface area contributed by atoms with E-state index < -0.39 is 10.0 Å². The monoisotopic (exact) mass is 279 g/mol. The van der Waals surface area contributed by atoms with Gasteiger partial charge in [0.2, 0.25) is 10.0 Å². The van der Waals surface area contributed by atoms with E-state index in [2.05, 4.69) is 15.9 Å². The Kier molecular flexibility index (Phi) is 3.65. The summed E-state index contributed by atoms with van der Waals surface area (Å²) in [6.07, 6.45) is 0. The highest BCUT2D eigenvalue weighted by Crippen LogP contribution is 2.21. The lowest BCUT2D eigenvalue weighted by atomic mass is 10.2. The minimum absolute atomic E-state index is 0.0872. The molecule has 2 N–H and O–H groups in total. The number of methoxy groups -OCH3 is 1. The lowest BCUT2D eigenvalue weighted by Gasteiger charge is -2.04. The molecule has 1 rings (SSSR count). The van der Waals surface area contributed by atoms with Gasteiger partial charge in [-0.25, -0.2) is 13.6 Å². The number of rotatable bonds is 3. The second-order valence-electron chi connectivity index (χ2n) is 2.73. The maximum atomic E-state index is 11.0. The third kappa shape index (κ3) is 2.78. The smallest absolute Gasteiger partial charge is 0.238 e. The van der Waals surface area contributed by atoms with E-state index in [0.717, 1.165) is 5.56 Å². The molecule has 0 heterocycles. The van der Waals surface area contributed by atoms with Gasteiger partial charge in [0.25, 0.3) is 0 Å². The Bertz CT molecular complexity index is 430. The quantitative estimate of drug-likeness (QED) is 0.905. The lowest BCUT2D eigenvalue weighted by Crippen LogP contribution is -2.12. The summed E-state index contributed by atoms with van der Waals surface area (Å²) in [4.78, 5) is 0.0872. The van der Waals surface area contributed by atoms with E-state index in [1.54, 1.807) is 13.2 Å². The molecule has 78 valence electrons. The van der Waals surface area contributed by atoms with Gasteiger partial charge in [-0.2, -0.15) is 0 Å². The number of primary sulfonamides is 1. The van der Waals surface area contributed by atoms with Crippen molar-refractivity contribution in [1.29, 1.82) is 0 Å². The molecule has 4 nitrogen and oxygen atoms in total. The van der Waals surface area contributed by atoms with E-state index in [4.69, 9.17) is 9.88 Å². The molecule has 0 radical (unpaired) electrons. The number of hydrogen-bond acceptors (Lipinski definition) is 3. The van der Waals surface area contributed by atoms with Gasteiger partial charge in [0.05, 0.1) is 11.5 Å². The Morgan fingerprint density at radius 1 is 1.50 bits per heavy atom. The van der Waals surface area contributed by atoms with Crippen molar-refractivity contribution in [2.75, 3.05) is 7.11 Å². The van der Waals surface area contributed by atoms with Gasteiger partial charge >= 0.3 is 0 Å². The molecule has 0 aliphatic heterocycles. The number of hydrogen-bond donors (Lipinski definition) is 1. The summed E-state index contributed by atoms with van der Waals surface area (Å²) in [6.45, 7) is 0.422. The summed E-state index contributed by atoms with van der Waals surface area (Å²) in [5.74, 6) is 0. The van der Waals surface area contributed by atoms with Crippen molar-refractivity contribution in [2.24, 2.45) is 5.14 Å². The van der Waals surface area contributed by atoms with Crippen molar-refractivity contribution >= 4 is 26.0 Å². The fourth-order valence-corrected chi connectivity index (χ4v) is 2.16. The molecule has 0 aliphatic rings. The minimum atomic E-state index is -3.63. The molecule has 0 saturated carbocycles. The predicted octanol–water partition coefficient (Wildman–Crippen LogP) is 1.24. The summed E-state index contributed by atoms with van der Waals surface area (Å²) in [5.41, 5.74) is 0.875. The van der Waals surface area contributed by atoms with Crippen LogP contribution in [0.2, 0.25) is 0 Å². The van der Waals surface area contributed by atoms with Gasteiger partial charge in [-0.3, -0.25) is 0 Å². The highest BCUT2D eigenvalue weighted by atomic mass is 79.9. The molecule has 1 aromatic rings. The summed E-state index contributed by atoms with van der Waals surface area (Å²) >= 11 is 3.24. The Morgan fingerprint density at radius 2 is 2.14 bits per heavy atom. The van der Waals surface area contributed by atoms with Gasteiger partial charge < -0.3 is 4.74 Å². The number of sulfonamides is 1. The molecule has 0 spiro atoms. The summed E-state index contributed by atoms with van der Waals surface area (Å²) < 4.78 is 27.6. The second-order valence-corrected chi connectivity index (χ2v) is 5.15. The topological polar surface area (TPSA) is 69.4 Å². The average Bonchev–Trinajstić information content (AvgIpc) is 2.07. The molecular formula is C8H10BrNO3S. The van der Waals surface area contributed by atoms with Crippen LogP contribution in [0.1, 0.15) is 5.56 Å². The van der Waals surface area contributed by atoms with Crippen LogP contribution < -0.4 is 5.14 Å². The Morgan fingerprint density at radius 3 is 2.57 bits per heavy atom. The number of ether oxygens (including phenoxy) is 1. The van der Waals surface area contributed by atoms with Gasteiger partial charge in [-0.05, 0) is 17.7 Å². The maximum Gasteiger partial charge on any atom is 0.238 e.